The quantitative estimate of drug-likeness (QED) is 0.509. The van der Waals surface area contributed by atoms with Gasteiger partial charge in [-0.1, -0.05) is 27.7 Å². The third-order valence-electron chi connectivity index (χ3n) is 4.93. The molecule has 1 aromatic heterocycles. The van der Waals surface area contributed by atoms with Gasteiger partial charge in [0.2, 0.25) is 20.0 Å². The van der Waals surface area contributed by atoms with Crippen molar-refractivity contribution in [1.82, 2.24) is 8.61 Å². The lowest BCUT2D eigenvalue weighted by atomic mass is 10.1. The predicted octanol–water partition coefficient (Wildman–Crippen LogP) is 3.13. The minimum Gasteiger partial charge on any atom is -0.453 e. The molecule has 2 rings (SSSR count). The number of carbonyl (C=O) groups excluding carboxylic acids is 1. The fraction of sp³-hybridized carbons (Fsp3) is 0.450. The summed E-state index contributed by atoms with van der Waals surface area (Å²) in [6.07, 6.45) is 0.524. The van der Waals surface area contributed by atoms with E-state index < -0.39 is 20.0 Å². The van der Waals surface area contributed by atoms with Crippen LogP contribution in [-0.4, -0.2) is 57.9 Å². The summed E-state index contributed by atoms with van der Waals surface area (Å²) in [6, 6.07) is 5.57. The van der Waals surface area contributed by atoms with E-state index in [-0.39, 0.29) is 53.1 Å². The van der Waals surface area contributed by atoms with Crippen molar-refractivity contribution in [2.75, 3.05) is 26.2 Å². The van der Waals surface area contributed by atoms with Crippen LogP contribution >= 0.6 is 0 Å². The van der Waals surface area contributed by atoms with Gasteiger partial charge in [0.05, 0.1) is 9.79 Å². The first-order chi connectivity index (χ1) is 14.1. The van der Waals surface area contributed by atoms with Crippen LogP contribution in [0.3, 0.4) is 0 Å². The maximum absolute atomic E-state index is 13.4. The zero-order chi connectivity index (χ0) is 22.7. The van der Waals surface area contributed by atoms with Gasteiger partial charge in [-0.05, 0) is 36.8 Å². The summed E-state index contributed by atoms with van der Waals surface area (Å²) in [5.74, 6) is 0.238. The Morgan fingerprint density at radius 3 is 1.87 bits per heavy atom. The zero-order valence-electron chi connectivity index (χ0n) is 17.9. The van der Waals surface area contributed by atoms with Gasteiger partial charge in [0, 0.05) is 31.7 Å². The van der Waals surface area contributed by atoms with Crippen LogP contribution in [0.4, 0.5) is 0 Å². The fourth-order valence-corrected chi connectivity index (χ4v) is 6.76. The molecule has 0 atom stereocenters. The lowest BCUT2D eigenvalue weighted by molar-refractivity contribution is 0.110. The third kappa shape index (κ3) is 4.36. The minimum atomic E-state index is -4.02. The first-order valence-electron chi connectivity index (χ1n) is 9.78. The number of hydrogen-bond acceptors (Lipinski definition) is 6. The molecule has 166 valence electrons. The highest BCUT2D eigenvalue weighted by Crippen LogP contribution is 2.36. The summed E-state index contributed by atoms with van der Waals surface area (Å²) in [4.78, 5) is 10.8. The number of hydrogen-bond donors (Lipinski definition) is 0. The summed E-state index contributed by atoms with van der Waals surface area (Å²) in [7, 11) is -7.90. The van der Waals surface area contributed by atoms with E-state index in [1.54, 1.807) is 34.6 Å². The first-order valence-corrected chi connectivity index (χ1v) is 12.7. The average molecular weight is 457 g/mol. The molecule has 10 heteroatoms. The van der Waals surface area contributed by atoms with E-state index >= 15 is 0 Å². The predicted molar refractivity (Wildman–Crippen MR) is 114 cm³/mol. The molecule has 30 heavy (non-hydrogen) atoms. The van der Waals surface area contributed by atoms with Crippen LogP contribution in [0.5, 0.6) is 0 Å². The molecule has 0 radical (unpaired) electrons. The number of carbonyl (C=O) groups is 1. The maximum Gasteiger partial charge on any atom is 0.243 e. The van der Waals surface area contributed by atoms with Gasteiger partial charge in [0.25, 0.3) is 0 Å². The van der Waals surface area contributed by atoms with Crippen LogP contribution < -0.4 is 0 Å². The number of aldehydes is 1. The normalized spacial score (nSPS) is 12.6. The number of aryl methyl sites for hydroxylation is 1. The Bertz CT molecular complexity index is 1110. The second-order valence-electron chi connectivity index (χ2n) is 6.61. The number of rotatable bonds is 10. The van der Waals surface area contributed by atoms with Gasteiger partial charge in [-0.25, -0.2) is 16.8 Å². The largest absolute Gasteiger partial charge is 0.453 e. The summed E-state index contributed by atoms with van der Waals surface area (Å²) in [5.41, 5.74) is 0.661. The number of nitrogens with zero attached hydrogens (tertiary/aromatic N) is 2. The van der Waals surface area contributed by atoms with Crippen LogP contribution in [0.25, 0.3) is 11.3 Å². The van der Waals surface area contributed by atoms with Crippen molar-refractivity contribution in [2.45, 2.75) is 44.4 Å². The van der Waals surface area contributed by atoms with Crippen LogP contribution in [-0.2, 0) is 20.0 Å². The molecule has 2 aromatic rings. The first kappa shape index (κ1) is 24.3. The molecular weight excluding hydrogens is 428 g/mol. The monoisotopic (exact) mass is 456 g/mol. The van der Waals surface area contributed by atoms with Crippen LogP contribution in [0.15, 0.2) is 38.5 Å². The van der Waals surface area contributed by atoms with Gasteiger partial charge >= 0.3 is 0 Å². The summed E-state index contributed by atoms with van der Waals surface area (Å²) in [5, 5.41) is 0. The standard InChI is InChI=1S/C20H28N2O6S2/c1-6-21(7-2)29(24,25)17-12-15(5)20(18-11-10-16(14-23)28-18)19(13-17)30(26,27)22(8-3)9-4/h10-14H,6-9H2,1-5H3. The molecule has 0 unspecified atom stereocenters. The Morgan fingerprint density at radius 1 is 0.867 bits per heavy atom. The highest BCUT2D eigenvalue weighted by Gasteiger charge is 2.31. The number of benzene rings is 1. The molecule has 0 bridgehead atoms. The van der Waals surface area contributed by atoms with Gasteiger partial charge in [-0.2, -0.15) is 8.61 Å². The molecule has 0 saturated heterocycles. The van der Waals surface area contributed by atoms with E-state index in [1.165, 1.54) is 32.9 Å². The van der Waals surface area contributed by atoms with E-state index in [4.69, 9.17) is 4.42 Å². The number of furan rings is 1. The third-order valence-corrected chi connectivity index (χ3v) is 9.03. The molecule has 0 aliphatic heterocycles. The van der Waals surface area contributed by atoms with Gasteiger partial charge in [-0.15, -0.1) is 0 Å². The fourth-order valence-electron chi connectivity index (χ4n) is 3.36. The van der Waals surface area contributed by atoms with E-state index in [0.29, 0.717) is 11.8 Å². The zero-order valence-corrected chi connectivity index (χ0v) is 19.5. The van der Waals surface area contributed by atoms with Gasteiger partial charge in [0.15, 0.2) is 12.0 Å². The van der Waals surface area contributed by atoms with Crippen LogP contribution in [0.2, 0.25) is 0 Å². The lowest BCUT2D eigenvalue weighted by Gasteiger charge is -2.23. The van der Waals surface area contributed by atoms with Gasteiger partial charge < -0.3 is 4.42 Å². The van der Waals surface area contributed by atoms with Crippen molar-refractivity contribution >= 4 is 26.3 Å². The van der Waals surface area contributed by atoms with Gasteiger partial charge in [0.1, 0.15) is 5.76 Å². The maximum atomic E-state index is 13.4. The molecule has 0 aliphatic carbocycles. The molecule has 1 heterocycles. The Hall–Kier alpha value is -2.01. The van der Waals surface area contributed by atoms with E-state index in [2.05, 4.69) is 0 Å². The second-order valence-corrected chi connectivity index (χ2v) is 10.5. The molecule has 0 fully saturated rings. The second kappa shape index (κ2) is 9.42. The summed E-state index contributed by atoms with van der Waals surface area (Å²) < 4.78 is 61.0. The van der Waals surface area contributed by atoms with Crippen molar-refractivity contribution in [3.63, 3.8) is 0 Å². The van der Waals surface area contributed by atoms with Crippen molar-refractivity contribution in [2.24, 2.45) is 0 Å². The highest BCUT2D eigenvalue weighted by atomic mass is 32.2. The van der Waals surface area contributed by atoms with Crippen molar-refractivity contribution < 1.29 is 26.0 Å². The van der Waals surface area contributed by atoms with E-state index in [9.17, 15) is 21.6 Å². The van der Waals surface area contributed by atoms with Gasteiger partial charge in [-0.3, -0.25) is 4.79 Å². The van der Waals surface area contributed by atoms with Crippen LogP contribution in [0.1, 0.15) is 43.8 Å². The van der Waals surface area contributed by atoms with Crippen molar-refractivity contribution in [1.29, 1.82) is 0 Å². The Labute approximate surface area is 178 Å². The highest BCUT2D eigenvalue weighted by molar-refractivity contribution is 7.90. The van der Waals surface area contributed by atoms with E-state index in [0.717, 1.165) is 0 Å². The molecule has 8 nitrogen and oxygen atoms in total. The average Bonchev–Trinajstić information content (AvgIpc) is 3.17. The summed E-state index contributed by atoms with van der Waals surface area (Å²) >= 11 is 0. The summed E-state index contributed by atoms with van der Waals surface area (Å²) in [6.45, 7) is 9.46. The lowest BCUT2D eigenvalue weighted by Crippen LogP contribution is -2.33. The van der Waals surface area contributed by atoms with Crippen LogP contribution in [0, 0.1) is 6.92 Å². The molecule has 0 amide bonds. The smallest absolute Gasteiger partial charge is 0.243 e. The molecule has 0 saturated carbocycles. The molecule has 0 N–H and O–H groups in total. The molecule has 0 aliphatic rings. The number of sulfonamides is 2. The molecular formula is C20H28N2O6S2. The molecule has 0 spiro atoms. The minimum absolute atomic E-state index is 0.0513. The Balaban J connectivity index is 2.89. The van der Waals surface area contributed by atoms with E-state index in [1.807, 2.05) is 0 Å². The SMILES string of the molecule is CCN(CC)S(=O)(=O)c1cc(C)c(-c2ccc(C=O)o2)c(S(=O)(=O)N(CC)CC)c1. The Morgan fingerprint density at radius 2 is 1.40 bits per heavy atom. The molecule has 1 aromatic carbocycles. The van der Waals surface area contributed by atoms with Crippen molar-refractivity contribution in [3.05, 3.63) is 35.6 Å². The topological polar surface area (TPSA) is 105 Å². The van der Waals surface area contributed by atoms with Crippen molar-refractivity contribution in [3.8, 4) is 11.3 Å². The Kier molecular flexibility index (Phi) is 7.62.